The summed E-state index contributed by atoms with van der Waals surface area (Å²) in [6, 6.07) is 2.03. The molecule has 0 bridgehead atoms. The number of fused-ring (bicyclic) bond motifs is 1. The molecule has 2 N–H and O–H groups in total. The topological polar surface area (TPSA) is 76.8 Å². The van der Waals surface area contributed by atoms with Gasteiger partial charge in [0, 0.05) is 42.8 Å². The lowest BCUT2D eigenvalue weighted by molar-refractivity contribution is -0.122. The quantitative estimate of drug-likeness (QED) is 0.844. The number of nitrogens with one attached hydrogen (secondary N) is 2. The Morgan fingerprint density at radius 1 is 1.50 bits per heavy atom. The summed E-state index contributed by atoms with van der Waals surface area (Å²) in [7, 11) is 0. The van der Waals surface area contributed by atoms with Gasteiger partial charge in [-0.05, 0) is 25.5 Å². The van der Waals surface area contributed by atoms with E-state index >= 15 is 0 Å². The monoisotopic (exact) mass is 346 g/mol. The molecule has 7 nitrogen and oxygen atoms in total. The number of amides is 1. The maximum atomic E-state index is 12.3. The number of nitrogens with zero attached hydrogens (tertiary/aromatic N) is 4. The van der Waals surface area contributed by atoms with Gasteiger partial charge >= 0.3 is 0 Å². The standard InChI is InChI=1S/C16H22N6OS/c23-15(18-9-13-10-21-6-7-24-16(21)20-13)11-22-14(3-5-19-22)12-2-1-4-17-8-12/h3,5,10,12,17H,1-2,4,6-9,11H2,(H,18,23)/t12-/m1/s1. The fourth-order valence-electron chi connectivity index (χ4n) is 3.35. The molecule has 2 aliphatic heterocycles. The highest BCUT2D eigenvalue weighted by Gasteiger charge is 2.20. The first-order valence-electron chi connectivity index (χ1n) is 8.47. The van der Waals surface area contributed by atoms with Crippen LogP contribution in [0.4, 0.5) is 0 Å². The van der Waals surface area contributed by atoms with E-state index in [1.54, 1.807) is 18.0 Å². The lowest BCUT2D eigenvalue weighted by Gasteiger charge is -2.23. The summed E-state index contributed by atoms with van der Waals surface area (Å²) >= 11 is 1.76. The van der Waals surface area contributed by atoms with Crippen LogP contribution in [0.5, 0.6) is 0 Å². The van der Waals surface area contributed by atoms with Crippen molar-refractivity contribution in [1.29, 1.82) is 0 Å². The highest BCUT2D eigenvalue weighted by molar-refractivity contribution is 7.99. The van der Waals surface area contributed by atoms with Gasteiger partial charge in [-0.25, -0.2) is 4.98 Å². The normalized spacial score (nSPS) is 20.1. The maximum absolute atomic E-state index is 12.3. The summed E-state index contributed by atoms with van der Waals surface area (Å²) in [4.78, 5) is 16.8. The van der Waals surface area contributed by atoms with Gasteiger partial charge < -0.3 is 15.2 Å². The Balaban J connectivity index is 1.33. The van der Waals surface area contributed by atoms with Crippen LogP contribution in [0.3, 0.4) is 0 Å². The fourth-order valence-corrected chi connectivity index (χ4v) is 4.32. The van der Waals surface area contributed by atoms with Crippen LogP contribution in [0, 0.1) is 0 Å². The first-order chi connectivity index (χ1) is 11.8. The van der Waals surface area contributed by atoms with Crippen molar-refractivity contribution in [3.8, 4) is 0 Å². The fraction of sp³-hybridized carbons (Fsp3) is 0.562. The van der Waals surface area contributed by atoms with Crippen LogP contribution in [0.15, 0.2) is 23.6 Å². The molecule has 1 atom stereocenters. The van der Waals surface area contributed by atoms with Crippen molar-refractivity contribution in [2.75, 3.05) is 18.8 Å². The van der Waals surface area contributed by atoms with E-state index in [4.69, 9.17) is 0 Å². The Hall–Kier alpha value is -1.80. The van der Waals surface area contributed by atoms with Gasteiger partial charge in [-0.15, -0.1) is 0 Å². The molecule has 2 aromatic heterocycles. The van der Waals surface area contributed by atoms with Crippen molar-refractivity contribution in [3.63, 3.8) is 0 Å². The Kier molecular flexibility index (Phi) is 4.57. The van der Waals surface area contributed by atoms with Gasteiger partial charge in [0.1, 0.15) is 6.54 Å². The Morgan fingerprint density at radius 3 is 3.29 bits per heavy atom. The molecular weight excluding hydrogens is 324 g/mol. The summed E-state index contributed by atoms with van der Waals surface area (Å²) in [5, 5.41) is 11.8. The first kappa shape index (κ1) is 15.7. The van der Waals surface area contributed by atoms with Crippen molar-refractivity contribution in [2.24, 2.45) is 0 Å². The van der Waals surface area contributed by atoms with Crippen LogP contribution in [-0.4, -0.2) is 44.1 Å². The summed E-state index contributed by atoms with van der Waals surface area (Å²) in [6.45, 7) is 3.79. The van der Waals surface area contributed by atoms with Gasteiger partial charge in [-0.3, -0.25) is 9.48 Å². The second-order valence-corrected chi connectivity index (χ2v) is 7.35. The third kappa shape index (κ3) is 3.34. The van der Waals surface area contributed by atoms with Crippen LogP contribution in [-0.2, 0) is 24.4 Å². The van der Waals surface area contributed by atoms with Crippen LogP contribution in [0.25, 0.3) is 0 Å². The highest BCUT2D eigenvalue weighted by atomic mass is 32.2. The summed E-state index contributed by atoms with van der Waals surface area (Å²) < 4.78 is 3.98. The molecule has 128 valence electrons. The second kappa shape index (κ2) is 6.98. The maximum Gasteiger partial charge on any atom is 0.242 e. The van der Waals surface area contributed by atoms with E-state index in [1.165, 1.54) is 6.42 Å². The number of carbonyl (C=O) groups is 1. The molecule has 1 saturated heterocycles. The predicted octanol–water partition coefficient (Wildman–Crippen LogP) is 0.969. The minimum atomic E-state index is -0.0236. The third-order valence-electron chi connectivity index (χ3n) is 4.58. The molecule has 8 heteroatoms. The molecule has 24 heavy (non-hydrogen) atoms. The lowest BCUT2D eigenvalue weighted by Crippen LogP contribution is -2.32. The van der Waals surface area contributed by atoms with E-state index in [9.17, 15) is 4.79 Å². The number of hydrogen-bond acceptors (Lipinski definition) is 5. The molecule has 1 amide bonds. The van der Waals surface area contributed by atoms with Crippen molar-refractivity contribution < 1.29 is 4.79 Å². The van der Waals surface area contributed by atoms with Gasteiger partial charge in [0.15, 0.2) is 5.16 Å². The zero-order valence-electron chi connectivity index (χ0n) is 13.6. The van der Waals surface area contributed by atoms with Crippen LogP contribution in [0.2, 0.25) is 0 Å². The number of imidazole rings is 1. The minimum Gasteiger partial charge on any atom is -0.349 e. The van der Waals surface area contributed by atoms with Crippen molar-refractivity contribution in [1.82, 2.24) is 30.0 Å². The van der Waals surface area contributed by atoms with Crippen molar-refractivity contribution in [2.45, 2.75) is 43.6 Å². The number of carbonyl (C=O) groups excluding carboxylic acids is 1. The van der Waals surface area contributed by atoms with E-state index in [0.29, 0.717) is 12.5 Å². The van der Waals surface area contributed by atoms with Crippen molar-refractivity contribution >= 4 is 17.7 Å². The second-order valence-electron chi connectivity index (χ2n) is 6.29. The average molecular weight is 346 g/mol. The highest BCUT2D eigenvalue weighted by Crippen LogP contribution is 2.24. The van der Waals surface area contributed by atoms with Crippen molar-refractivity contribution in [3.05, 3.63) is 29.8 Å². The molecule has 2 aliphatic rings. The molecule has 4 heterocycles. The number of aryl methyl sites for hydroxylation is 1. The zero-order chi connectivity index (χ0) is 16.4. The molecule has 0 saturated carbocycles. The lowest BCUT2D eigenvalue weighted by atomic mass is 9.96. The molecule has 0 unspecified atom stereocenters. The molecule has 0 aromatic carbocycles. The predicted molar refractivity (Wildman–Crippen MR) is 91.9 cm³/mol. The van der Waals surface area contributed by atoms with Crippen LogP contribution < -0.4 is 10.6 Å². The van der Waals surface area contributed by atoms with E-state index in [2.05, 4.69) is 25.3 Å². The van der Waals surface area contributed by atoms with E-state index < -0.39 is 0 Å². The average Bonchev–Trinajstić information content (AvgIpc) is 3.29. The molecule has 0 aliphatic carbocycles. The van der Waals surface area contributed by atoms with E-state index in [0.717, 1.165) is 48.4 Å². The summed E-state index contributed by atoms with van der Waals surface area (Å²) in [5.74, 6) is 1.51. The number of thioether (sulfide) groups is 1. The number of piperidine rings is 1. The molecular formula is C16H22N6OS. The molecule has 0 radical (unpaired) electrons. The molecule has 2 aromatic rings. The SMILES string of the molecule is O=C(Cn1nccc1[C@@H]1CCCNC1)NCc1cn2c(n1)SCC2. The molecule has 1 fully saturated rings. The number of hydrogen-bond donors (Lipinski definition) is 2. The first-order valence-corrected chi connectivity index (χ1v) is 9.46. The van der Waals surface area contributed by atoms with E-state index in [-0.39, 0.29) is 12.5 Å². The van der Waals surface area contributed by atoms with Gasteiger partial charge in [-0.1, -0.05) is 11.8 Å². The Morgan fingerprint density at radius 2 is 2.46 bits per heavy atom. The van der Waals surface area contributed by atoms with Gasteiger partial charge in [0.25, 0.3) is 0 Å². The number of aromatic nitrogens is 4. The Bertz CT molecular complexity index is 696. The zero-order valence-corrected chi connectivity index (χ0v) is 14.4. The smallest absolute Gasteiger partial charge is 0.242 e. The minimum absolute atomic E-state index is 0.0236. The summed E-state index contributed by atoms with van der Waals surface area (Å²) in [5.41, 5.74) is 2.07. The van der Waals surface area contributed by atoms with Gasteiger partial charge in [-0.2, -0.15) is 5.10 Å². The third-order valence-corrected chi connectivity index (χ3v) is 5.55. The Labute approximate surface area is 145 Å². The summed E-state index contributed by atoms with van der Waals surface area (Å²) in [6.07, 6.45) is 6.14. The van der Waals surface area contributed by atoms with E-state index in [1.807, 2.05) is 16.9 Å². The van der Waals surface area contributed by atoms with Gasteiger partial charge in [0.2, 0.25) is 5.91 Å². The van der Waals surface area contributed by atoms with Gasteiger partial charge in [0.05, 0.1) is 12.2 Å². The van der Waals surface area contributed by atoms with Crippen LogP contribution in [0.1, 0.15) is 30.1 Å². The molecule has 0 spiro atoms. The molecule has 4 rings (SSSR count). The largest absolute Gasteiger partial charge is 0.349 e. The number of rotatable bonds is 5. The van der Waals surface area contributed by atoms with Crippen LogP contribution >= 0.6 is 11.8 Å².